The summed E-state index contributed by atoms with van der Waals surface area (Å²) in [7, 11) is 0. The van der Waals surface area contributed by atoms with E-state index >= 15 is 0 Å². The van der Waals surface area contributed by atoms with Gasteiger partial charge in [-0.05, 0) is 31.0 Å². The van der Waals surface area contributed by atoms with Gasteiger partial charge in [0.1, 0.15) is 5.69 Å². The number of nitrogens with zero attached hydrogens (tertiary/aromatic N) is 4. The SMILES string of the molecule is Cc1cc(C(=O)NCc2cccc(CN3CCOC(C)C3)c2)n2nccc2n1. The average molecular weight is 379 g/mol. The number of aryl methyl sites for hydroxylation is 1. The molecule has 28 heavy (non-hydrogen) atoms. The molecule has 0 aliphatic carbocycles. The summed E-state index contributed by atoms with van der Waals surface area (Å²) in [6, 6.07) is 11.9. The molecule has 7 heteroatoms. The van der Waals surface area contributed by atoms with Gasteiger partial charge in [-0.1, -0.05) is 24.3 Å². The Hall–Kier alpha value is -2.77. The molecule has 1 N–H and O–H groups in total. The number of amides is 1. The maximum atomic E-state index is 12.7. The van der Waals surface area contributed by atoms with Crippen LogP contribution in [0.1, 0.15) is 34.2 Å². The van der Waals surface area contributed by atoms with Gasteiger partial charge in [-0.3, -0.25) is 9.69 Å². The zero-order valence-electron chi connectivity index (χ0n) is 16.3. The molecule has 3 aromatic rings. The molecule has 1 aromatic carbocycles. The smallest absolute Gasteiger partial charge is 0.270 e. The highest BCUT2D eigenvalue weighted by Crippen LogP contribution is 2.13. The standard InChI is InChI=1S/C21H25N5O2/c1-15-10-19(26-20(24-15)6-7-23-26)21(27)22-12-17-4-3-5-18(11-17)14-25-8-9-28-16(2)13-25/h3-7,10-11,16H,8-9,12-14H2,1-2H3,(H,22,27). The largest absolute Gasteiger partial charge is 0.376 e. The number of nitrogens with one attached hydrogen (secondary N) is 1. The number of hydrogen-bond donors (Lipinski definition) is 1. The van der Waals surface area contributed by atoms with Gasteiger partial charge in [0.2, 0.25) is 0 Å². The van der Waals surface area contributed by atoms with E-state index in [0.29, 0.717) is 17.9 Å². The van der Waals surface area contributed by atoms with E-state index in [4.69, 9.17) is 4.74 Å². The summed E-state index contributed by atoms with van der Waals surface area (Å²) in [5.41, 5.74) is 4.28. The first-order valence-electron chi connectivity index (χ1n) is 9.60. The number of carbonyl (C=O) groups is 1. The molecule has 7 nitrogen and oxygen atoms in total. The van der Waals surface area contributed by atoms with Crippen LogP contribution in [-0.2, 0) is 17.8 Å². The monoisotopic (exact) mass is 379 g/mol. The van der Waals surface area contributed by atoms with Gasteiger partial charge >= 0.3 is 0 Å². The fourth-order valence-electron chi connectivity index (χ4n) is 3.60. The number of ether oxygens (including phenoxy) is 1. The van der Waals surface area contributed by atoms with E-state index in [9.17, 15) is 4.79 Å². The van der Waals surface area contributed by atoms with Crippen molar-refractivity contribution in [1.29, 1.82) is 0 Å². The summed E-state index contributed by atoms with van der Waals surface area (Å²) in [4.78, 5) is 19.5. The van der Waals surface area contributed by atoms with Gasteiger partial charge in [-0.25, -0.2) is 9.50 Å². The molecule has 146 valence electrons. The molecule has 1 aliphatic rings. The highest BCUT2D eigenvalue weighted by molar-refractivity contribution is 5.93. The van der Waals surface area contributed by atoms with Crippen LogP contribution in [0.15, 0.2) is 42.6 Å². The van der Waals surface area contributed by atoms with Crippen molar-refractivity contribution in [2.75, 3.05) is 19.7 Å². The van der Waals surface area contributed by atoms with E-state index in [1.807, 2.05) is 19.1 Å². The second-order valence-electron chi connectivity index (χ2n) is 7.30. The van der Waals surface area contributed by atoms with Crippen molar-refractivity contribution in [3.8, 4) is 0 Å². The molecule has 2 aromatic heterocycles. The van der Waals surface area contributed by atoms with E-state index in [0.717, 1.165) is 37.5 Å². The van der Waals surface area contributed by atoms with E-state index in [-0.39, 0.29) is 12.0 Å². The Balaban J connectivity index is 1.42. The van der Waals surface area contributed by atoms with Gasteiger partial charge in [0.15, 0.2) is 5.65 Å². The third-order valence-corrected chi connectivity index (χ3v) is 4.90. The molecule has 1 amide bonds. The minimum Gasteiger partial charge on any atom is -0.376 e. The van der Waals surface area contributed by atoms with Crippen LogP contribution in [0, 0.1) is 6.92 Å². The Morgan fingerprint density at radius 3 is 3.00 bits per heavy atom. The zero-order chi connectivity index (χ0) is 19.5. The Morgan fingerprint density at radius 2 is 2.14 bits per heavy atom. The van der Waals surface area contributed by atoms with Gasteiger partial charge in [0.25, 0.3) is 5.91 Å². The zero-order valence-corrected chi connectivity index (χ0v) is 16.3. The van der Waals surface area contributed by atoms with Crippen molar-refractivity contribution in [1.82, 2.24) is 24.8 Å². The maximum absolute atomic E-state index is 12.7. The highest BCUT2D eigenvalue weighted by atomic mass is 16.5. The Morgan fingerprint density at radius 1 is 1.29 bits per heavy atom. The molecule has 0 radical (unpaired) electrons. The molecule has 1 aliphatic heterocycles. The van der Waals surface area contributed by atoms with Crippen molar-refractivity contribution in [3.63, 3.8) is 0 Å². The van der Waals surface area contributed by atoms with Crippen LogP contribution in [0.3, 0.4) is 0 Å². The van der Waals surface area contributed by atoms with Crippen LogP contribution in [-0.4, -0.2) is 51.2 Å². The third-order valence-electron chi connectivity index (χ3n) is 4.90. The second kappa shape index (κ2) is 8.08. The van der Waals surface area contributed by atoms with Crippen LogP contribution >= 0.6 is 0 Å². The summed E-state index contributed by atoms with van der Waals surface area (Å²) in [5.74, 6) is -0.161. The molecule has 1 atom stereocenters. The van der Waals surface area contributed by atoms with Crippen molar-refractivity contribution >= 4 is 11.6 Å². The number of fused-ring (bicyclic) bond motifs is 1. The van der Waals surface area contributed by atoms with Crippen molar-refractivity contribution in [3.05, 3.63) is 65.1 Å². The van der Waals surface area contributed by atoms with E-state index in [1.54, 1.807) is 22.8 Å². The molecular formula is C21H25N5O2. The molecule has 1 fully saturated rings. The van der Waals surface area contributed by atoms with Gasteiger partial charge in [0, 0.05) is 37.9 Å². The first-order valence-corrected chi connectivity index (χ1v) is 9.60. The van der Waals surface area contributed by atoms with Crippen molar-refractivity contribution in [2.24, 2.45) is 0 Å². The molecule has 1 unspecified atom stereocenters. The Kier molecular flexibility index (Phi) is 5.36. The summed E-state index contributed by atoms with van der Waals surface area (Å²) in [6.07, 6.45) is 1.92. The van der Waals surface area contributed by atoms with Gasteiger partial charge in [-0.15, -0.1) is 0 Å². The van der Waals surface area contributed by atoms with E-state index in [2.05, 4.69) is 39.4 Å². The Bertz CT molecular complexity index is 984. The number of morpholine rings is 1. The van der Waals surface area contributed by atoms with Gasteiger partial charge < -0.3 is 10.1 Å². The number of carbonyl (C=O) groups excluding carboxylic acids is 1. The van der Waals surface area contributed by atoms with Crippen molar-refractivity contribution in [2.45, 2.75) is 33.0 Å². The maximum Gasteiger partial charge on any atom is 0.270 e. The van der Waals surface area contributed by atoms with Crippen LogP contribution < -0.4 is 5.32 Å². The number of benzene rings is 1. The lowest BCUT2D eigenvalue weighted by molar-refractivity contribution is -0.0212. The fraction of sp³-hybridized carbons (Fsp3) is 0.381. The summed E-state index contributed by atoms with van der Waals surface area (Å²) < 4.78 is 7.18. The molecule has 1 saturated heterocycles. The summed E-state index contributed by atoms with van der Waals surface area (Å²) in [5, 5.41) is 7.20. The second-order valence-corrected chi connectivity index (χ2v) is 7.30. The lowest BCUT2D eigenvalue weighted by Crippen LogP contribution is -2.40. The number of hydrogen-bond acceptors (Lipinski definition) is 5. The normalized spacial score (nSPS) is 17.7. The minimum atomic E-state index is -0.161. The quantitative estimate of drug-likeness (QED) is 0.736. The number of rotatable bonds is 5. The van der Waals surface area contributed by atoms with Crippen molar-refractivity contribution < 1.29 is 9.53 Å². The molecule has 4 rings (SSSR count). The Labute approximate surface area is 164 Å². The minimum absolute atomic E-state index is 0.161. The number of aromatic nitrogens is 3. The first-order chi connectivity index (χ1) is 13.6. The van der Waals surface area contributed by atoms with Crippen LogP contribution in [0.4, 0.5) is 0 Å². The lowest BCUT2D eigenvalue weighted by atomic mass is 10.1. The molecular weight excluding hydrogens is 354 g/mol. The van der Waals surface area contributed by atoms with E-state index in [1.165, 1.54) is 5.56 Å². The van der Waals surface area contributed by atoms with E-state index < -0.39 is 0 Å². The van der Waals surface area contributed by atoms with Crippen LogP contribution in [0.5, 0.6) is 0 Å². The van der Waals surface area contributed by atoms with Gasteiger partial charge in [0.05, 0.1) is 18.9 Å². The molecule has 3 heterocycles. The van der Waals surface area contributed by atoms with Crippen LogP contribution in [0.2, 0.25) is 0 Å². The van der Waals surface area contributed by atoms with Crippen LogP contribution in [0.25, 0.3) is 5.65 Å². The summed E-state index contributed by atoms with van der Waals surface area (Å²) >= 11 is 0. The highest BCUT2D eigenvalue weighted by Gasteiger charge is 2.17. The predicted octanol–water partition coefficient (Wildman–Crippen LogP) is 2.19. The first kappa shape index (κ1) is 18.6. The fourth-order valence-corrected chi connectivity index (χ4v) is 3.60. The third kappa shape index (κ3) is 4.21. The summed E-state index contributed by atoms with van der Waals surface area (Å²) in [6.45, 7) is 8.03. The predicted molar refractivity (Wildman–Crippen MR) is 106 cm³/mol. The topological polar surface area (TPSA) is 71.8 Å². The van der Waals surface area contributed by atoms with Gasteiger partial charge in [-0.2, -0.15) is 5.10 Å². The molecule has 0 spiro atoms. The molecule has 0 saturated carbocycles. The molecule has 0 bridgehead atoms. The lowest BCUT2D eigenvalue weighted by Gasteiger charge is -2.31. The average Bonchev–Trinajstić information content (AvgIpc) is 3.14.